The van der Waals surface area contributed by atoms with Gasteiger partial charge in [0.15, 0.2) is 0 Å². The Kier molecular flexibility index (Phi) is 3.65. The molecule has 4 heterocycles. The molecule has 5 heteroatoms. The van der Waals surface area contributed by atoms with Crippen molar-refractivity contribution in [2.45, 2.75) is 25.0 Å². The summed E-state index contributed by atoms with van der Waals surface area (Å²) in [4.78, 5) is 7.62. The predicted octanol–water partition coefficient (Wildman–Crippen LogP) is 4.44. The summed E-state index contributed by atoms with van der Waals surface area (Å²) in [5.41, 5.74) is 3.53. The van der Waals surface area contributed by atoms with Crippen molar-refractivity contribution in [3.63, 3.8) is 0 Å². The van der Waals surface area contributed by atoms with Crippen LogP contribution in [-0.4, -0.2) is 34.7 Å². The number of halogens is 1. The average molecular weight is 389 g/mol. The van der Waals surface area contributed by atoms with E-state index < -0.39 is 0 Å². The number of anilines is 1. The van der Waals surface area contributed by atoms with Crippen molar-refractivity contribution in [2.24, 2.45) is 0 Å². The Balaban J connectivity index is 1.54. The molecule has 0 amide bonds. The molecule has 0 unspecified atom stereocenters. The van der Waals surface area contributed by atoms with E-state index in [-0.39, 0.29) is 0 Å². The summed E-state index contributed by atoms with van der Waals surface area (Å²) in [7, 11) is 0. The molecule has 0 aliphatic carbocycles. The topological polar surface area (TPSA) is 33.1 Å². The van der Waals surface area contributed by atoms with Crippen molar-refractivity contribution in [2.75, 3.05) is 18.0 Å². The van der Waals surface area contributed by atoms with E-state index in [0.29, 0.717) is 12.1 Å². The maximum Gasteiger partial charge on any atom is 0.139 e. The van der Waals surface area contributed by atoms with E-state index in [9.17, 15) is 0 Å². The zero-order valence-corrected chi connectivity index (χ0v) is 16.2. The Labute approximate surface area is 168 Å². The lowest BCUT2D eigenvalue weighted by Gasteiger charge is -2.29. The molecule has 4 nitrogen and oxygen atoms in total. The number of nitrogens with one attached hydrogen (secondary N) is 1. The molecule has 4 aromatic rings. The summed E-state index contributed by atoms with van der Waals surface area (Å²) >= 11 is 6.21. The number of rotatable bonds is 3. The molecule has 6 rings (SSSR count). The number of hydrogen-bond donors (Lipinski definition) is 1. The van der Waals surface area contributed by atoms with Gasteiger partial charge in [0.05, 0.1) is 11.0 Å². The Bertz CT molecular complexity index is 1200. The van der Waals surface area contributed by atoms with Gasteiger partial charge < -0.3 is 14.8 Å². The van der Waals surface area contributed by atoms with Crippen LogP contribution in [0.3, 0.4) is 0 Å². The average Bonchev–Trinajstić information content (AvgIpc) is 3.43. The summed E-state index contributed by atoms with van der Waals surface area (Å²) in [5, 5.41) is 6.82. The fourth-order valence-corrected chi connectivity index (χ4v) is 5.11. The molecule has 2 aromatic heterocycles. The highest BCUT2D eigenvalue weighted by Gasteiger charge is 2.39. The number of hydrogen-bond acceptors (Lipinski definition) is 3. The molecule has 0 radical (unpaired) electrons. The Morgan fingerprint density at radius 2 is 2.00 bits per heavy atom. The monoisotopic (exact) mass is 388 g/mol. The van der Waals surface area contributed by atoms with Crippen molar-refractivity contribution in [3.05, 3.63) is 71.4 Å². The zero-order chi connectivity index (χ0) is 18.7. The van der Waals surface area contributed by atoms with E-state index in [1.54, 1.807) is 0 Å². The van der Waals surface area contributed by atoms with Crippen LogP contribution in [0.25, 0.3) is 21.8 Å². The van der Waals surface area contributed by atoms with Crippen molar-refractivity contribution >= 4 is 39.2 Å². The fraction of sp³-hybridized carbons (Fsp3) is 0.261. The van der Waals surface area contributed by atoms with Crippen molar-refractivity contribution in [3.8, 4) is 0 Å². The second-order valence-corrected chi connectivity index (χ2v) is 8.37. The van der Waals surface area contributed by atoms with E-state index in [4.69, 9.17) is 16.6 Å². The van der Waals surface area contributed by atoms with Gasteiger partial charge in [-0.25, -0.2) is 4.98 Å². The molecule has 28 heavy (non-hydrogen) atoms. The van der Waals surface area contributed by atoms with Gasteiger partial charge in [-0.15, -0.1) is 0 Å². The highest BCUT2D eigenvalue weighted by atomic mass is 35.5. The quantitative estimate of drug-likeness (QED) is 0.563. The van der Waals surface area contributed by atoms with Crippen molar-refractivity contribution < 1.29 is 0 Å². The first-order valence-electron chi connectivity index (χ1n) is 9.88. The first kappa shape index (κ1) is 16.4. The summed E-state index contributed by atoms with van der Waals surface area (Å²) < 4.78 is 2.33. The van der Waals surface area contributed by atoms with Gasteiger partial charge in [-0.05, 0) is 36.2 Å². The van der Waals surface area contributed by atoms with Crippen LogP contribution in [0.15, 0.2) is 60.8 Å². The first-order valence-corrected chi connectivity index (χ1v) is 10.3. The number of nitrogens with zero attached hydrogens (tertiary/aromatic N) is 3. The van der Waals surface area contributed by atoms with Gasteiger partial charge in [0, 0.05) is 53.7 Å². The number of pyridine rings is 1. The fourth-order valence-electron chi connectivity index (χ4n) is 4.90. The van der Waals surface area contributed by atoms with Crippen LogP contribution in [0.2, 0.25) is 5.02 Å². The highest BCUT2D eigenvalue weighted by molar-refractivity contribution is 6.30. The molecule has 0 saturated carbocycles. The van der Waals surface area contributed by atoms with Gasteiger partial charge in [-0.1, -0.05) is 41.9 Å². The smallest absolute Gasteiger partial charge is 0.139 e. The summed E-state index contributed by atoms with van der Waals surface area (Å²) in [6.07, 6.45) is 3.41. The molecule has 2 aliphatic rings. The van der Waals surface area contributed by atoms with Gasteiger partial charge in [-0.3, -0.25) is 0 Å². The van der Waals surface area contributed by atoms with Crippen LogP contribution in [0.1, 0.15) is 12.0 Å². The van der Waals surface area contributed by atoms with Crippen molar-refractivity contribution in [1.29, 1.82) is 0 Å². The molecule has 2 aromatic carbocycles. The summed E-state index contributed by atoms with van der Waals surface area (Å²) in [5.74, 6) is 1.13. The van der Waals surface area contributed by atoms with E-state index in [1.165, 1.54) is 28.3 Å². The molecule has 2 fully saturated rings. The van der Waals surface area contributed by atoms with Gasteiger partial charge in [0.25, 0.3) is 0 Å². The second kappa shape index (κ2) is 6.23. The molecular formula is C23H21ClN4. The maximum absolute atomic E-state index is 6.21. The lowest BCUT2D eigenvalue weighted by atomic mass is 10.1. The third-order valence-corrected chi connectivity index (χ3v) is 6.40. The van der Waals surface area contributed by atoms with Crippen LogP contribution in [0.5, 0.6) is 0 Å². The highest BCUT2D eigenvalue weighted by Crippen LogP contribution is 2.37. The SMILES string of the molecule is Clc1cccc(Cn2ccc3c(N4C[C@H]5C[C@@H]4CN5)nc4ccccc4c32)c1. The number of benzene rings is 2. The normalized spacial score (nSPS) is 21.2. The number of para-hydroxylation sites is 1. The lowest BCUT2D eigenvalue weighted by molar-refractivity contribution is 0.578. The van der Waals surface area contributed by atoms with Crippen LogP contribution in [0.4, 0.5) is 5.82 Å². The molecule has 2 bridgehead atoms. The Morgan fingerprint density at radius 1 is 1.07 bits per heavy atom. The summed E-state index contributed by atoms with van der Waals surface area (Å²) in [6, 6.07) is 20.0. The van der Waals surface area contributed by atoms with E-state index in [1.807, 2.05) is 18.2 Å². The number of aromatic nitrogens is 2. The van der Waals surface area contributed by atoms with Crippen LogP contribution in [-0.2, 0) is 6.54 Å². The lowest BCUT2D eigenvalue weighted by Crippen LogP contribution is -2.44. The van der Waals surface area contributed by atoms with E-state index >= 15 is 0 Å². The summed E-state index contributed by atoms with van der Waals surface area (Å²) in [6.45, 7) is 2.90. The van der Waals surface area contributed by atoms with Gasteiger partial charge >= 0.3 is 0 Å². The Morgan fingerprint density at radius 3 is 2.82 bits per heavy atom. The maximum atomic E-state index is 6.21. The van der Waals surface area contributed by atoms with E-state index in [2.05, 4.69) is 57.4 Å². The molecule has 2 atom stereocenters. The van der Waals surface area contributed by atoms with Crippen LogP contribution in [0, 0.1) is 0 Å². The largest absolute Gasteiger partial charge is 0.350 e. The standard InChI is InChI=1S/C23H21ClN4/c24-16-5-3-4-15(10-16)13-27-9-8-20-22(27)19-6-1-2-7-21(19)26-23(20)28-14-17-11-18(28)12-25-17/h1-10,17-18,25H,11-14H2/t17-,18-/m1/s1. The first-order chi connectivity index (χ1) is 13.8. The molecular weight excluding hydrogens is 368 g/mol. The minimum Gasteiger partial charge on any atom is -0.350 e. The van der Waals surface area contributed by atoms with Crippen LogP contribution < -0.4 is 10.2 Å². The second-order valence-electron chi connectivity index (χ2n) is 7.94. The van der Waals surface area contributed by atoms with E-state index in [0.717, 1.165) is 36.0 Å². The third-order valence-electron chi connectivity index (χ3n) is 6.16. The van der Waals surface area contributed by atoms with Crippen LogP contribution >= 0.6 is 11.6 Å². The molecule has 1 N–H and O–H groups in total. The number of piperazine rings is 1. The Hall–Kier alpha value is -2.56. The third kappa shape index (κ3) is 2.52. The van der Waals surface area contributed by atoms with Gasteiger partial charge in [0.2, 0.25) is 0 Å². The number of fused-ring (bicyclic) bond motifs is 5. The predicted molar refractivity (Wildman–Crippen MR) is 115 cm³/mol. The van der Waals surface area contributed by atoms with Gasteiger partial charge in [0.1, 0.15) is 5.82 Å². The minimum atomic E-state index is 0.554. The molecule has 2 aliphatic heterocycles. The molecule has 140 valence electrons. The molecule has 2 saturated heterocycles. The zero-order valence-electron chi connectivity index (χ0n) is 15.5. The van der Waals surface area contributed by atoms with Gasteiger partial charge in [-0.2, -0.15) is 0 Å². The van der Waals surface area contributed by atoms with Crippen molar-refractivity contribution in [1.82, 2.24) is 14.9 Å². The minimum absolute atomic E-state index is 0.554. The molecule has 0 spiro atoms.